The fourth-order valence-electron chi connectivity index (χ4n) is 1.59. The number of anilines is 1. The molecule has 1 amide bonds. The van der Waals surface area contributed by atoms with Gasteiger partial charge in [0.1, 0.15) is 11.6 Å². The molecule has 0 aromatic heterocycles. The second kappa shape index (κ2) is 4.69. The Hall–Kier alpha value is -1.65. The summed E-state index contributed by atoms with van der Waals surface area (Å²) >= 11 is 0. The van der Waals surface area contributed by atoms with E-state index in [1.54, 1.807) is 11.9 Å². The number of amides is 1. The first-order chi connectivity index (χ1) is 8.08. The van der Waals surface area contributed by atoms with Crippen LogP contribution in [-0.2, 0) is 4.79 Å². The molecule has 1 aromatic rings. The summed E-state index contributed by atoms with van der Waals surface area (Å²) in [5, 5.41) is 2.67. The third kappa shape index (κ3) is 2.93. The van der Waals surface area contributed by atoms with Gasteiger partial charge in [0, 0.05) is 19.2 Å². The molecule has 1 aromatic carbocycles. The van der Waals surface area contributed by atoms with E-state index in [4.69, 9.17) is 0 Å². The van der Waals surface area contributed by atoms with Gasteiger partial charge in [-0.05, 0) is 25.0 Å². The molecule has 3 nitrogen and oxygen atoms in total. The third-order valence-electron chi connectivity index (χ3n) is 2.85. The first kappa shape index (κ1) is 11.8. The predicted octanol–water partition coefficient (Wildman–Crippen LogP) is 2.00. The van der Waals surface area contributed by atoms with Gasteiger partial charge in [0.25, 0.3) is 0 Å². The van der Waals surface area contributed by atoms with Crippen molar-refractivity contribution in [3.8, 4) is 0 Å². The Morgan fingerprint density at radius 3 is 2.76 bits per heavy atom. The molecule has 0 saturated heterocycles. The normalized spacial score (nSPS) is 14.5. The van der Waals surface area contributed by atoms with Crippen molar-refractivity contribution in [2.24, 2.45) is 0 Å². The SMILES string of the molecule is CN(C(=O)CNc1ccc(F)cc1F)C1CC1. The van der Waals surface area contributed by atoms with Crippen LogP contribution in [-0.4, -0.2) is 30.4 Å². The lowest BCUT2D eigenvalue weighted by Crippen LogP contribution is -2.33. The molecular weight excluding hydrogens is 226 g/mol. The van der Waals surface area contributed by atoms with Gasteiger partial charge in [0.05, 0.1) is 12.2 Å². The summed E-state index contributed by atoms with van der Waals surface area (Å²) in [7, 11) is 1.74. The molecule has 0 heterocycles. The molecule has 1 N–H and O–H groups in total. The zero-order chi connectivity index (χ0) is 12.4. The van der Waals surface area contributed by atoms with Crippen LogP contribution in [0, 0.1) is 11.6 Å². The molecule has 0 aliphatic heterocycles. The first-order valence-corrected chi connectivity index (χ1v) is 5.52. The lowest BCUT2D eigenvalue weighted by molar-refractivity contribution is -0.128. The maximum Gasteiger partial charge on any atom is 0.241 e. The first-order valence-electron chi connectivity index (χ1n) is 5.52. The van der Waals surface area contributed by atoms with Gasteiger partial charge in [-0.2, -0.15) is 0 Å². The molecule has 0 atom stereocenters. The fourth-order valence-corrected chi connectivity index (χ4v) is 1.59. The van der Waals surface area contributed by atoms with Crippen molar-refractivity contribution in [2.45, 2.75) is 18.9 Å². The maximum absolute atomic E-state index is 13.2. The monoisotopic (exact) mass is 240 g/mol. The molecule has 0 unspecified atom stereocenters. The molecule has 92 valence electrons. The van der Waals surface area contributed by atoms with E-state index >= 15 is 0 Å². The average molecular weight is 240 g/mol. The van der Waals surface area contributed by atoms with Crippen molar-refractivity contribution in [3.63, 3.8) is 0 Å². The Kier molecular flexibility index (Phi) is 3.26. The van der Waals surface area contributed by atoms with Crippen LogP contribution < -0.4 is 5.32 Å². The fraction of sp³-hybridized carbons (Fsp3) is 0.417. The highest BCUT2D eigenvalue weighted by Crippen LogP contribution is 2.25. The minimum atomic E-state index is -0.688. The van der Waals surface area contributed by atoms with Gasteiger partial charge < -0.3 is 10.2 Å². The average Bonchev–Trinajstić information content (AvgIpc) is 3.10. The van der Waals surface area contributed by atoms with Crippen LogP contribution in [0.5, 0.6) is 0 Å². The van der Waals surface area contributed by atoms with Gasteiger partial charge in [-0.3, -0.25) is 4.79 Å². The second-order valence-corrected chi connectivity index (χ2v) is 4.21. The van der Waals surface area contributed by atoms with Crippen molar-refractivity contribution in [3.05, 3.63) is 29.8 Å². The standard InChI is InChI=1S/C12H14F2N2O/c1-16(9-3-4-9)12(17)7-15-11-5-2-8(13)6-10(11)14/h2,5-6,9,15H,3-4,7H2,1H3. The Balaban J connectivity index is 1.90. The summed E-state index contributed by atoms with van der Waals surface area (Å²) in [4.78, 5) is 13.3. The summed E-state index contributed by atoms with van der Waals surface area (Å²) in [5.41, 5.74) is 0.143. The Morgan fingerprint density at radius 2 is 2.18 bits per heavy atom. The number of nitrogens with zero attached hydrogens (tertiary/aromatic N) is 1. The molecule has 17 heavy (non-hydrogen) atoms. The smallest absolute Gasteiger partial charge is 0.241 e. The molecule has 1 aliphatic rings. The van der Waals surface area contributed by atoms with E-state index in [2.05, 4.69) is 5.32 Å². The van der Waals surface area contributed by atoms with E-state index in [9.17, 15) is 13.6 Å². The van der Waals surface area contributed by atoms with Gasteiger partial charge in [0.2, 0.25) is 5.91 Å². The van der Waals surface area contributed by atoms with Crippen molar-refractivity contribution in [1.29, 1.82) is 0 Å². The van der Waals surface area contributed by atoms with Crippen LogP contribution in [0.2, 0.25) is 0 Å². The number of benzene rings is 1. The minimum absolute atomic E-state index is 0.0234. The van der Waals surface area contributed by atoms with Gasteiger partial charge >= 0.3 is 0 Å². The Morgan fingerprint density at radius 1 is 1.47 bits per heavy atom. The lowest BCUT2D eigenvalue weighted by Gasteiger charge is -2.17. The van der Waals surface area contributed by atoms with E-state index in [0.717, 1.165) is 25.0 Å². The number of carbonyl (C=O) groups is 1. The lowest BCUT2D eigenvalue weighted by atomic mass is 10.3. The van der Waals surface area contributed by atoms with Crippen molar-refractivity contribution in [1.82, 2.24) is 4.90 Å². The van der Waals surface area contributed by atoms with Crippen molar-refractivity contribution >= 4 is 11.6 Å². The number of halogens is 2. The summed E-state index contributed by atoms with van der Waals surface area (Å²) in [5.74, 6) is -1.41. The highest BCUT2D eigenvalue weighted by Gasteiger charge is 2.29. The summed E-state index contributed by atoms with van der Waals surface area (Å²) in [6.07, 6.45) is 2.07. The molecular formula is C12H14F2N2O. The van der Waals surface area contributed by atoms with Crippen molar-refractivity contribution < 1.29 is 13.6 Å². The number of carbonyl (C=O) groups excluding carboxylic acids is 1. The number of likely N-dealkylation sites (N-methyl/N-ethyl adjacent to an activating group) is 1. The van der Waals surface area contributed by atoms with Gasteiger partial charge in [0.15, 0.2) is 0 Å². The Labute approximate surface area is 98.4 Å². The molecule has 0 radical (unpaired) electrons. The van der Waals surface area contributed by atoms with Gasteiger partial charge in [-0.15, -0.1) is 0 Å². The van der Waals surface area contributed by atoms with Crippen LogP contribution in [0.3, 0.4) is 0 Å². The summed E-state index contributed by atoms with van der Waals surface area (Å²) in [6, 6.07) is 3.56. The maximum atomic E-state index is 13.2. The van der Waals surface area contributed by atoms with Crippen LogP contribution in [0.1, 0.15) is 12.8 Å². The Bertz CT molecular complexity index is 433. The molecule has 2 rings (SSSR count). The second-order valence-electron chi connectivity index (χ2n) is 4.21. The minimum Gasteiger partial charge on any atom is -0.374 e. The molecule has 0 spiro atoms. The van der Waals surface area contributed by atoms with Crippen molar-refractivity contribution in [2.75, 3.05) is 18.9 Å². The van der Waals surface area contributed by atoms with E-state index in [-0.39, 0.29) is 18.1 Å². The highest BCUT2D eigenvalue weighted by molar-refractivity contribution is 5.81. The van der Waals surface area contributed by atoms with Crippen LogP contribution in [0.25, 0.3) is 0 Å². The summed E-state index contributed by atoms with van der Waals surface area (Å²) in [6.45, 7) is 0.0234. The number of hydrogen-bond donors (Lipinski definition) is 1. The largest absolute Gasteiger partial charge is 0.374 e. The summed E-state index contributed by atoms with van der Waals surface area (Å²) < 4.78 is 25.9. The molecule has 1 aliphatic carbocycles. The molecule has 5 heteroatoms. The van der Waals surface area contributed by atoms with Crippen LogP contribution >= 0.6 is 0 Å². The molecule has 0 bridgehead atoms. The van der Waals surface area contributed by atoms with E-state index in [1.165, 1.54) is 6.07 Å². The molecule has 1 fully saturated rings. The number of rotatable bonds is 4. The van der Waals surface area contributed by atoms with Crippen LogP contribution in [0.4, 0.5) is 14.5 Å². The van der Waals surface area contributed by atoms with Gasteiger partial charge in [-0.25, -0.2) is 8.78 Å². The molecule has 1 saturated carbocycles. The highest BCUT2D eigenvalue weighted by atomic mass is 19.1. The van der Waals surface area contributed by atoms with E-state index < -0.39 is 11.6 Å². The van der Waals surface area contributed by atoms with E-state index in [1.807, 2.05) is 0 Å². The quantitative estimate of drug-likeness (QED) is 0.873. The number of nitrogens with one attached hydrogen (secondary N) is 1. The number of hydrogen-bond acceptors (Lipinski definition) is 2. The van der Waals surface area contributed by atoms with Gasteiger partial charge in [-0.1, -0.05) is 0 Å². The topological polar surface area (TPSA) is 32.3 Å². The zero-order valence-electron chi connectivity index (χ0n) is 9.54. The van der Waals surface area contributed by atoms with Crippen LogP contribution in [0.15, 0.2) is 18.2 Å². The third-order valence-corrected chi connectivity index (χ3v) is 2.85. The van der Waals surface area contributed by atoms with E-state index in [0.29, 0.717) is 6.04 Å². The zero-order valence-corrected chi connectivity index (χ0v) is 9.54. The predicted molar refractivity (Wildman–Crippen MR) is 60.6 cm³/mol.